The summed E-state index contributed by atoms with van der Waals surface area (Å²) in [6.07, 6.45) is 0.639. The highest BCUT2D eigenvalue weighted by atomic mass is 35.5. The van der Waals surface area contributed by atoms with Gasteiger partial charge >= 0.3 is 0 Å². The number of hydrogen-bond donors (Lipinski definition) is 1. The van der Waals surface area contributed by atoms with Crippen molar-refractivity contribution in [2.24, 2.45) is 0 Å². The van der Waals surface area contributed by atoms with Gasteiger partial charge in [-0.25, -0.2) is 0 Å². The average Bonchev–Trinajstić information content (AvgIpc) is 2.28. The number of aliphatic hydroxyl groups is 1. The Hall–Kier alpha value is -0.770. The fourth-order valence-corrected chi connectivity index (χ4v) is 2.25. The van der Waals surface area contributed by atoms with Gasteiger partial charge in [-0.15, -0.1) is 0 Å². The number of hydrogen-bond acceptors (Lipinski definition) is 2. The number of halogens is 2. The summed E-state index contributed by atoms with van der Waals surface area (Å²) < 4.78 is 0. The molecule has 0 bridgehead atoms. The van der Waals surface area contributed by atoms with Crippen molar-refractivity contribution in [1.82, 2.24) is 4.90 Å². The minimum atomic E-state index is -0.735. The van der Waals surface area contributed by atoms with E-state index in [0.717, 1.165) is 0 Å². The predicted octanol–water partition coefficient (Wildman–Crippen LogP) is 2.59. The third-order valence-electron chi connectivity index (χ3n) is 3.10. The van der Waals surface area contributed by atoms with Crippen LogP contribution in [0.4, 0.5) is 0 Å². The topological polar surface area (TPSA) is 40.5 Å². The maximum Gasteiger partial charge on any atom is 0.255 e. The molecule has 1 fully saturated rings. The molecule has 0 aromatic heterocycles. The summed E-state index contributed by atoms with van der Waals surface area (Å²) in [5, 5.41) is 10.5. The minimum absolute atomic E-state index is 0.185. The predicted molar refractivity (Wildman–Crippen MR) is 67.6 cm³/mol. The monoisotopic (exact) mass is 273 g/mol. The number of rotatable bonds is 2. The van der Waals surface area contributed by atoms with Gasteiger partial charge in [0.15, 0.2) is 0 Å². The summed E-state index contributed by atoms with van der Waals surface area (Å²) in [6, 6.07) is 4.96. The zero-order valence-electron chi connectivity index (χ0n) is 9.41. The van der Waals surface area contributed by atoms with Crippen LogP contribution in [-0.4, -0.2) is 34.6 Å². The second-order valence-corrected chi connectivity index (χ2v) is 5.13. The molecule has 0 spiro atoms. The number of benzene rings is 1. The molecule has 1 aromatic carbocycles. The van der Waals surface area contributed by atoms with Crippen molar-refractivity contribution < 1.29 is 9.90 Å². The van der Waals surface area contributed by atoms with Gasteiger partial charge in [0, 0.05) is 0 Å². The van der Waals surface area contributed by atoms with Crippen molar-refractivity contribution in [3.05, 3.63) is 33.8 Å². The molecule has 0 atom stereocenters. The number of likely N-dealkylation sites (tertiary alicyclic amines) is 1. The molecular formula is C12H13Cl2NO2. The van der Waals surface area contributed by atoms with Crippen molar-refractivity contribution in [1.29, 1.82) is 0 Å². The fourth-order valence-electron chi connectivity index (χ4n) is 1.87. The van der Waals surface area contributed by atoms with E-state index in [1.165, 1.54) is 0 Å². The number of carbonyl (C=O) groups is 1. The van der Waals surface area contributed by atoms with E-state index in [1.54, 1.807) is 23.1 Å². The third kappa shape index (κ3) is 2.28. The van der Waals surface area contributed by atoms with Gasteiger partial charge in [0.1, 0.15) is 0 Å². The van der Waals surface area contributed by atoms with Gasteiger partial charge in [0.2, 0.25) is 0 Å². The quantitative estimate of drug-likeness (QED) is 0.900. The van der Waals surface area contributed by atoms with Crippen molar-refractivity contribution >= 4 is 29.1 Å². The van der Waals surface area contributed by atoms with Crippen LogP contribution < -0.4 is 0 Å². The molecule has 2 rings (SSSR count). The smallest absolute Gasteiger partial charge is 0.255 e. The van der Waals surface area contributed by atoms with Crippen molar-refractivity contribution in [3.63, 3.8) is 0 Å². The summed E-state index contributed by atoms with van der Waals surface area (Å²) in [4.78, 5) is 13.6. The standard InChI is InChI=1S/C12H13Cl2NO2/c1-2-12(17)6-15(7-12)11(16)8-4-3-5-9(13)10(8)14/h3-5,17H,2,6-7H2,1H3. The van der Waals surface area contributed by atoms with E-state index in [2.05, 4.69) is 0 Å². The summed E-state index contributed by atoms with van der Waals surface area (Å²) in [7, 11) is 0. The Morgan fingerprint density at radius 1 is 1.47 bits per heavy atom. The molecule has 1 saturated heterocycles. The van der Waals surface area contributed by atoms with Crippen molar-refractivity contribution in [3.8, 4) is 0 Å². The van der Waals surface area contributed by atoms with Gasteiger partial charge in [-0.2, -0.15) is 0 Å². The van der Waals surface area contributed by atoms with Crippen molar-refractivity contribution in [2.45, 2.75) is 18.9 Å². The molecule has 92 valence electrons. The van der Waals surface area contributed by atoms with Crippen LogP contribution in [0, 0.1) is 0 Å². The van der Waals surface area contributed by atoms with Crippen LogP contribution in [0.3, 0.4) is 0 Å². The number of amides is 1. The minimum Gasteiger partial charge on any atom is -0.386 e. The highest BCUT2D eigenvalue weighted by molar-refractivity contribution is 6.43. The molecule has 1 aliphatic heterocycles. The first-order chi connectivity index (χ1) is 7.97. The van der Waals surface area contributed by atoms with E-state index in [4.69, 9.17) is 23.2 Å². The lowest BCUT2D eigenvalue weighted by molar-refractivity contribution is -0.0826. The third-order valence-corrected chi connectivity index (χ3v) is 3.92. The van der Waals surface area contributed by atoms with Crippen LogP contribution in [0.25, 0.3) is 0 Å². The molecule has 17 heavy (non-hydrogen) atoms. The second kappa shape index (κ2) is 4.48. The van der Waals surface area contributed by atoms with E-state index in [1.807, 2.05) is 6.92 Å². The molecule has 3 nitrogen and oxygen atoms in total. The van der Waals surface area contributed by atoms with Crippen LogP contribution in [0.1, 0.15) is 23.7 Å². The average molecular weight is 274 g/mol. The highest BCUT2D eigenvalue weighted by Gasteiger charge is 2.42. The number of β-amino-alcohol motifs (C(OH)–C–C–N with tert-alkyl or cyclic N) is 1. The molecule has 0 saturated carbocycles. The zero-order chi connectivity index (χ0) is 12.6. The van der Waals surface area contributed by atoms with Crippen LogP contribution in [-0.2, 0) is 0 Å². The van der Waals surface area contributed by atoms with Crippen LogP contribution in [0.2, 0.25) is 10.0 Å². The SMILES string of the molecule is CCC1(O)CN(C(=O)c2cccc(Cl)c2Cl)C1. The second-order valence-electron chi connectivity index (χ2n) is 4.34. The molecule has 1 aliphatic rings. The molecule has 1 amide bonds. The summed E-state index contributed by atoms with van der Waals surface area (Å²) in [5.74, 6) is -0.185. The van der Waals surface area contributed by atoms with Gasteiger partial charge in [-0.1, -0.05) is 36.2 Å². The summed E-state index contributed by atoms with van der Waals surface area (Å²) >= 11 is 11.8. The molecule has 1 aromatic rings. The molecule has 0 aliphatic carbocycles. The van der Waals surface area contributed by atoms with E-state index in [0.29, 0.717) is 30.1 Å². The van der Waals surface area contributed by atoms with Crippen LogP contribution in [0.5, 0.6) is 0 Å². The Labute approximate surface area is 110 Å². The van der Waals surface area contributed by atoms with E-state index >= 15 is 0 Å². The maximum absolute atomic E-state index is 12.1. The van der Waals surface area contributed by atoms with Crippen LogP contribution in [0.15, 0.2) is 18.2 Å². The summed E-state index contributed by atoms with van der Waals surface area (Å²) in [6.45, 7) is 2.60. The first kappa shape index (κ1) is 12.7. The number of nitrogens with zero attached hydrogens (tertiary/aromatic N) is 1. The van der Waals surface area contributed by atoms with Crippen LogP contribution >= 0.6 is 23.2 Å². The first-order valence-corrected chi connectivity index (χ1v) is 6.18. The Morgan fingerprint density at radius 2 is 2.12 bits per heavy atom. The maximum atomic E-state index is 12.1. The van der Waals surface area contributed by atoms with E-state index < -0.39 is 5.60 Å². The van der Waals surface area contributed by atoms with Gasteiger partial charge in [-0.05, 0) is 18.6 Å². The lowest BCUT2D eigenvalue weighted by atomic mass is 9.90. The van der Waals surface area contributed by atoms with Gasteiger partial charge in [0.05, 0.1) is 34.3 Å². The van der Waals surface area contributed by atoms with Gasteiger partial charge < -0.3 is 10.0 Å². The molecule has 5 heteroatoms. The normalized spacial score (nSPS) is 17.8. The van der Waals surface area contributed by atoms with E-state index in [9.17, 15) is 9.90 Å². The van der Waals surface area contributed by atoms with E-state index in [-0.39, 0.29) is 10.9 Å². The Kier molecular flexibility index (Phi) is 3.34. The largest absolute Gasteiger partial charge is 0.386 e. The lowest BCUT2D eigenvalue weighted by Gasteiger charge is -2.46. The Morgan fingerprint density at radius 3 is 2.71 bits per heavy atom. The highest BCUT2D eigenvalue weighted by Crippen LogP contribution is 2.30. The Balaban J connectivity index is 2.15. The summed E-state index contributed by atoms with van der Waals surface area (Å²) in [5.41, 5.74) is -0.349. The lowest BCUT2D eigenvalue weighted by Crippen LogP contribution is -2.63. The molecule has 0 unspecified atom stereocenters. The fraction of sp³-hybridized carbons (Fsp3) is 0.417. The zero-order valence-corrected chi connectivity index (χ0v) is 10.9. The first-order valence-electron chi connectivity index (χ1n) is 5.42. The molecular weight excluding hydrogens is 261 g/mol. The molecule has 0 radical (unpaired) electrons. The van der Waals surface area contributed by atoms with Crippen molar-refractivity contribution in [2.75, 3.05) is 13.1 Å². The van der Waals surface area contributed by atoms with Gasteiger partial charge in [0.25, 0.3) is 5.91 Å². The number of carbonyl (C=O) groups excluding carboxylic acids is 1. The Bertz CT molecular complexity index is 456. The molecule has 1 N–H and O–H groups in total. The van der Waals surface area contributed by atoms with Gasteiger partial charge in [-0.3, -0.25) is 4.79 Å². The molecule has 1 heterocycles.